The van der Waals surface area contributed by atoms with Crippen molar-refractivity contribution in [1.82, 2.24) is 5.32 Å². The van der Waals surface area contributed by atoms with Crippen molar-refractivity contribution in [1.29, 1.82) is 0 Å². The summed E-state index contributed by atoms with van der Waals surface area (Å²) in [7, 11) is 1.58. The van der Waals surface area contributed by atoms with Crippen molar-refractivity contribution in [3.05, 3.63) is 97.2 Å². The van der Waals surface area contributed by atoms with E-state index in [-0.39, 0.29) is 19.1 Å². The number of unbranched alkanes of at least 4 members (excludes halogenated alkanes) is 10. The van der Waals surface area contributed by atoms with Crippen LogP contribution in [0.3, 0.4) is 0 Å². The van der Waals surface area contributed by atoms with Gasteiger partial charge in [0.1, 0.15) is 13.2 Å². The Bertz CT molecular complexity index is 1260. The smallest absolute Gasteiger partial charge is 0.391 e. The van der Waals surface area contributed by atoms with Gasteiger partial charge in [0, 0.05) is 6.42 Å². The second-order valence-electron chi connectivity index (χ2n) is 16.0. The van der Waals surface area contributed by atoms with Crippen LogP contribution in [0.25, 0.3) is 0 Å². The molecule has 0 radical (unpaired) electrons. The minimum absolute atomic E-state index is 0.0659. The summed E-state index contributed by atoms with van der Waals surface area (Å²) >= 11 is 0. The number of rotatable bonds is 39. The molecule has 0 saturated carbocycles. The summed E-state index contributed by atoms with van der Waals surface area (Å²) in [6, 6.07) is -0.767. The monoisotopic (exact) mass is 830 g/mol. The molecule has 3 atom stereocenters. The van der Waals surface area contributed by atoms with Crippen molar-refractivity contribution in [2.75, 3.05) is 40.9 Å². The first-order chi connectivity index (χ1) is 28.0. The van der Waals surface area contributed by atoms with Crippen molar-refractivity contribution in [3.8, 4) is 0 Å². The summed E-state index contributed by atoms with van der Waals surface area (Å²) in [4.78, 5) is 22.8. The second kappa shape index (κ2) is 39.9. The topological polar surface area (TPSA) is 105 Å². The fourth-order valence-electron chi connectivity index (χ4n) is 5.76. The molecule has 9 heteroatoms. The van der Waals surface area contributed by atoms with Crippen LogP contribution < -0.4 is 5.32 Å². The zero-order valence-corrected chi connectivity index (χ0v) is 38.4. The van der Waals surface area contributed by atoms with E-state index in [9.17, 15) is 19.4 Å². The van der Waals surface area contributed by atoms with Crippen LogP contribution in [0.5, 0.6) is 0 Å². The molecule has 0 fully saturated rings. The predicted octanol–water partition coefficient (Wildman–Crippen LogP) is 12.7. The Kier molecular flexibility index (Phi) is 38.1. The first kappa shape index (κ1) is 55.4. The molecule has 3 unspecified atom stereocenters. The molecule has 0 aliphatic heterocycles. The van der Waals surface area contributed by atoms with E-state index >= 15 is 0 Å². The third-order valence-electron chi connectivity index (χ3n) is 9.35. The van der Waals surface area contributed by atoms with Crippen molar-refractivity contribution >= 4 is 13.7 Å². The van der Waals surface area contributed by atoms with Gasteiger partial charge in [0.25, 0.3) is 0 Å². The number of hydrogen-bond donors (Lipinski definition) is 3. The molecule has 1 amide bonds. The molecular weight excluding hydrogens is 744 g/mol. The summed E-state index contributed by atoms with van der Waals surface area (Å²) in [5, 5.41) is 13.6. The first-order valence-corrected chi connectivity index (χ1v) is 24.1. The normalized spacial score (nSPS) is 15.2. The highest BCUT2D eigenvalue weighted by atomic mass is 31.2. The first-order valence-electron chi connectivity index (χ1n) is 22.6. The Morgan fingerprint density at radius 3 is 1.48 bits per heavy atom. The average Bonchev–Trinajstić information content (AvgIpc) is 3.17. The SMILES string of the molecule is CC/C=C\C/C=C\C/C=C\C/C=C\C/C=C\C/C=C\C/C=C\C/C=C\CCCCCCCCCCC(=O)NC(COP(=O)(O)OCC[N+](C)(C)C)C(O)CCCCC. The average molecular weight is 830 g/mol. The highest BCUT2D eigenvalue weighted by Gasteiger charge is 2.28. The van der Waals surface area contributed by atoms with E-state index in [2.05, 4.69) is 116 Å². The van der Waals surface area contributed by atoms with Gasteiger partial charge in [0.2, 0.25) is 5.91 Å². The van der Waals surface area contributed by atoms with Crippen molar-refractivity contribution < 1.29 is 32.9 Å². The van der Waals surface area contributed by atoms with E-state index in [0.717, 1.165) is 96.3 Å². The van der Waals surface area contributed by atoms with E-state index in [0.29, 0.717) is 23.9 Å². The Morgan fingerprint density at radius 1 is 0.603 bits per heavy atom. The van der Waals surface area contributed by atoms with Crippen LogP contribution in [0.15, 0.2) is 97.2 Å². The molecule has 0 aromatic heterocycles. The number of phosphoric ester groups is 1. The Morgan fingerprint density at radius 2 is 1.03 bits per heavy atom. The van der Waals surface area contributed by atoms with Crippen LogP contribution in [0.1, 0.15) is 155 Å². The van der Waals surface area contributed by atoms with E-state index in [1.54, 1.807) is 0 Å². The lowest BCUT2D eigenvalue weighted by Gasteiger charge is -2.26. The summed E-state index contributed by atoms with van der Waals surface area (Å²) in [6.07, 6.45) is 56.7. The van der Waals surface area contributed by atoms with Gasteiger partial charge in [0.15, 0.2) is 0 Å². The largest absolute Gasteiger partial charge is 0.472 e. The van der Waals surface area contributed by atoms with Crippen LogP contribution >= 0.6 is 7.82 Å². The molecule has 332 valence electrons. The van der Waals surface area contributed by atoms with Gasteiger partial charge in [-0.3, -0.25) is 13.8 Å². The molecule has 3 N–H and O–H groups in total. The molecular formula is C49H86N2O6P+. The third kappa shape index (κ3) is 41.6. The molecule has 0 saturated heterocycles. The van der Waals surface area contributed by atoms with Gasteiger partial charge >= 0.3 is 7.82 Å². The van der Waals surface area contributed by atoms with E-state index in [1.807, 2.05) is 21.1 Å². The molecule has 0 bridgehead atoms. The number of amides is 1. The standard InChI is InChI=1S/C49H85N2O6P/c1-6-8-10-11-12-13-14-15-16-17-18-19-20-21-22-23-24-25-26-27-28-29-30-31-32-33-34-35-36-37-38-39-41-43-49(53)50-47(48(52)42-40-9-7-2)46-57-58(54,55)56-45-44-51(3,4)5/h8,10,12-13,15-16,18-19,21-22,24-25,27-28,30-31,47-48,52H,6-7,9,11,14,17,20,23,26,29,32-46H2,1-5H3,(H-,50,53,54,55)/p+1/b10-8-,13-12-,16-15-,19-18-,22-21-,25-24-,28-27-,31-30-. The fraction of sp³-hybridized carbons (Fsp3) is 0.653. The quantitative estimate of drug-likeness (QED) is 0.0247. The summed E-state index contributed by atoms with van der Waals surface area (Å²) in [5.41, 5.74) is 0. The molecule has 0 aliphatic rings. The van der Waals surface area contributed by atoms with Gasteiger partial charge in [-0.25, -0.2) is 4.57 Å². The lowest BCUT2D eigenvalue weighted by Crippen LogP contribution is -2.46. The number of hydrogen-bond acceptors (Lipinski definition) is 5. The van der Waals surface area contributed by atoms with Gasteiger partial charge in [0.05, 0.1) is 39.9 Å². The molecule has 0 aromatic rings. The van der Waals surface area contributed by atoms with E-state index < -0.39 is 20.0 Å². The Labute approximate surface area is 356 Å². The number of likely N-dealkylation sites (N-methyl/N-ethyl adjacent to an activating group) is 1. The van der Waals surface area contributed by atoms with Crippen LogP contribution in [0.4, 0.5) is 0 Å². The zero-order chi connectivity index (χ0) is 42.8. The number of nitrogens with one attached hydrogen (secondary N) is 1. The third-order valence-corrected chi connectivity index (χ3v) is 10.3. The van der Waals surface area contributed by atoms with E-state index in [4.69, 9.17) is 9.05 Å². The minimum Gasteiger partial charge on any atom is -0.391 e. The maximum Gasteiger partial charge on any atom is 0.472 e. The van der Waals surface area contributed by atoms with Gasteiger partial charge in [-0.1, -0.05) is 169 Å². The summed E-state index contributed by atoms with van der Waals surface area (Å²) < 4.78 is 23.3. The van der Waals surface area contributed by atoms with Crippen LogP contribution in [-0.4, -0.2) is 73.4 Å². The fourth-order valence-corrected chi connectivity index (χ4v) is 6.50. The number of phosphoric acid groups is 1. The highest BCUT2D eigenvalue weighted by molar-refractivity contribution is 7.47. The van der Waals surface area contributed by atoms with Crippen molar-refractivity contribution in [2.45, 2.75) is 167 Å². The second-order valence-corrected chi connectivity index (χ2v) is 17.5. The molecule has 0 heterocycles. The number of quaternary nitrogens is 1. The zero-order valence-electron chi connectivity index (χ0n) is 37.5. The molecule has 8 nitrogen and oxygen atoms in total. The van der Waals surface area contributed by atoms with Gasteiger partial charge in [-0.05, 0) is 77.0 Å². The number of carbonyl (C=O) groups is 1. The number of carbonyl (C=O) groups excluding carboxylic acids is 1. The van der Waals surface area contributed by atoms with Gasteiger partial charge in [-0.2, -0.15) is 0 Å². The molecule has 0 rings (SSSR count). The van der Waals surface area contributed by atoms with Crippen molar-refractivity contribution in [2.24, 2.45) is 0 Å². The predicted molar refractivity (Wildman–Crippen MR) is 249 cm³/mol. The number of nitrogens with zero attached hydrogens (tertiary/aromatic N) is 1. The number of allylic oxidation sites excluding steroid dienone is 16. The molecule has 0 aliphatic carbocycles. The van der Waals surface area contributed by atoms with Crippen LogP contribution in [0.2, 0.25) is 0 Å². The maximum absolute atomic E-state index is 12.7. The van der Waals surface area contributed by atoms with Crippen LogP contribution in [0, 0.1) is 0 Å². The Balaban J connectivity index is 3.94. The van der Waals surface area contributed by atoms with Crippen LogP contribution in [-0.2, 0) is 18.4 Å². The highest BCUT2D eigenvalue weighted by Crippen LogP contribution is 2.43. The lowest BCUT2D eigenvalue weighted by molar-refractivity contribution is -0.870. The van der Waals surface area contributed by atoms with E-state index in [1.165, 1.54) is 32.1 Å². The minimum atomic E-state index is -4.30. The number of aliphatic hydroxyl groups is 1. The van der Waals surface area contributed by atoms with Gasteiger partial charge in [-0.15, -0.1) is 0 Å². The maximum atomic E-state index is 12.7. The summed E-state index contributed by atoms with van der Waals surface area (Å²) in [6.45, 7) is 4.57. The Hall–Kier alpha value is -2.58. The van der Waals surface area contributed by atoms with Gasteiger partial charge < -0.3 is 19.8 Å². The molecule has 0 aromatic carbocycles. The van der Waals surface area contributed by atoms with Crippen molar-refractivity contribution in [3.63, 3.8) is 0 Å². The molecule has 58 heavy (non-hydrogen) atoms. The molecule has 0 spiro atoms. The summed E-state index contributed by atoms with van der Waals surface area (Å²) in [5.74, 6) is -0.171. The lowest BCUT2D eigenvalue weighted by atomic mass is 10.0. The number of aliphatic hydroxyl groups excluding tert-OH is 1.